The number of urea groups is 1. The lowest BCUT2D eigenvalue weighted by Crippen LogP contribution is -2.37. The first-order valence-corrected chi connectivity index (χ1v) is 10.9. The van der Waals surface area contributed by atoms with Crippen molar-refractivity contribution in [3.05, 3.63) is 45.4 Å². The Kier molecular flexibility index (Phi) is 8.20. The fraction of sp³-hybridized carbons (Fsp3) is 0.500. The van der Waals surface area contributed by atoms with Gasteiger partial charge in [0.2, 0.25) is 0 Å². The number of carbonyl (C=O) groups excluding carboxylic acids is 2. The van der Waals surface area contributed by atoms with E-state index in [1.165, 1.54) is 11.3 Å². The van der Waals surface area contributed by atoms with Crippen LogP contribution in [-0.4, -0.2) is 34.9 Å². The highest BCUT2D eigenvalue weighted by Gasteiger charge is 2.19. The van der Waals surface area contributed by atoms with Gasteiger partial charge in [-0.2, -0.15) is 0 Å². The predicted molar refractivity (Wildman–Crippen MR) is 119 cm³/mol. The summed E-state index contributed by atoms with van der Waals surface area (Å²) in [5.74, 6) is 0.525. The van der Waals surface area contributed by atoms with Crippen LogP contribution in [0.1, 0.15) is 54.3 Å². The third-order valence-corrected chi connectivity index (χ3v) is 5.33. The molecule has 0 saturated heterocycles. The SMILES string of the molecule is Cc1cccc(NC(=O)N(Cc2nc(C(=O)NCC(C)C)cs2)CC(C)C)c1C. The Hall–Kier alpha value is -2.41. The Balaban J connectivity index is 2.09. The van der Waals surface area contributed by atoms with Crippen molar-refractivity contribution in [3.8, 4) is 0 Å². The minimum Gasteiger partial charge on any atom is -0.350 e. The molecule has 0 fully saturated rings. The van der Waals surface area contributed by atoms with Crippen LogP contribution >= 0.6 is 11.3 Å². The molecule has 2 aromatic rings. The first-order chi connectivity index (χ1) is 13.7. The van der Waals surface area contributed by atoms with Crippen molar-refractivity contribution in [3.63, 3.8) is 0 Å². The molecule has 0 spiro atoms. The second-order valence-corrected chi connectivity index (χ2v) is 9.13. The minimum atomic E-state index is -0.170. The van der Waals surface area contributed by atoms with Gasteiger partial charge in [-0.3, -0.25) is 4.79 Å². The van der Waals surface area contributed by atoms with Crippen LogP contribution in [-0.2, 0) is 6.54 Å². The molecule has 2 N–H and O–H groups in total. The Labute approximate surface area is 177 Å². The average Bonchev–Trinajstić information content (AvgIpc) is 3.11. The maximum Gasteiger partial charge on any atom is 0.322 e. The van der Waals surface area contributed by atoms with Gasteiger partial charge in [-0.25, -0.2) is 9.78 Å². The number of rotatable bonds is 8. The van der Waals surface area contributed by atoms with Crippen molar-refractivity contribution in [2.75, 3.05) is 18.4 Å². The average molecular weight is 417 g/mol. The standard InChI is InChI=1S/C22H32N4O2S/c1-14(2)10-23-21(27)19-13-29-20(24-19)12-26(11-15(3)4)22(28)25-18-9-7-8-16(5)17(18)6/h7-9,13-15H,10-12H2,1-6H3,(H,23,27)(H,25,28). The molecule has 0 aliphatic carbocycles. The summed E-state index contributed by atoms with van der Waals surface area (Å²) in [6.45, 7) is 13.9. The van der Waals surface area contributed by atoms with Gasteiger partial charge in [0.15, 0.2) is 0 Å². The van der Waals surface area contributed by atoms with Gasteiger partial charge in [0, 0.05) is 24.2 Å². The third-order valence-electron chi connectivity index (χ3n) is 4.50. The molecule has 7 heteroatoms. The fourth-order valence-electron chi connectivity index (χ4n) is 2.78. The van der Waals surface area contributed by atoms with Gasteiger partial charge in [0.1, 0.15) is 10.7 Å². The first kappa shape index (κ1) is 22.9. The lowest BCUT2D eigenvalue weighted by atomic mass is 10.1. The quantitative estimate of drug-likeness (QED) is 0.647. The molecule has 1 aromatic carbocycles. The largest absolute Gasteiger partial charge is 0.350 e. The summed E-state index contributed by atoms with van der Waals surface area (Å²) < 4.78 is 0. The van der Waals surface area contributed by atoms with Crippen LogP contribution in [0.25, 0.3) is 0 Å². The molecule has 0 aliphatic rings. The van der Waals surface area contributed by atoms with E-state index in [9.17, 15) is 9.59 Å². The smallest absolute Gasteiger partial charge is 0.322 e. The van der Waals surface area contributed by atoms with E-state index in [0.717, 1.165) is 21.8 Å². The summed E-state index contributed by atoms with van der Waals surface area (Å²) in [6, 6.07) is 5.72. The zero-order valence-corrected chi connectivity index (χ0v) is 19.0. The van der Waals surface area contributed by atoms with Gasteiger partial charge in [-0.15, -0.1) is 11.3 Å². The molecule has 0 unspecified atom stereocenters. The van der Waals surface area contributed by atoms with Gasteiger partial charge in [0.05, 0.1) is 6.54 Å². The Morgan fingerprint density at radius 2 is 1.86 bits per heavy atom. The zero-order valence-electron chi connectivity index (χ0n) is 18.2. The Morgan fingerprint density at radius 1 is 1.14 bits per heavy atom. The van der Waals surface area contributed by atoms with E-state index in [0.29, 0.717) is 37.2 Å². The fourth-order valence-corrected chi connectivity index (χ4v) is 3.57. The lowest BCUT2D eigenvalue weighted by molar-refractivity contribution is 0.0944. The van der Waals surface area contributed by atoms with Gasteiger partial charge in [0.25, 0.3) is 5.91 Å². The first-order valence-electron chi connectivity index (χ1n) is 10.0. The number of nitrogens with one attached hydrogen (secondary N) is 2. The van der Waals surface area contributed by atoms with E-state index in [1.54, 1.807) is 10.3 Å². The van der Waals surface area contributed by atoms with E-state index >= 15 is 0 Å². The van der Waals surface area contributed by atoms with Crippen molar-refractivity contribution < 1.29 is 9.59 Å². The normalized spacial score (nSPS) is 11.0. The second-order valence-electron chi connectivity index (χ2n) is 8.18. The summed E-state index contributed by atoms with van der Waals surface area (Å²) in [7, 11) is 0. The number of benzene rings is 1. The van der Waals surface area contributed by atoms with Crippen molar-refractivity contribution >= 4 is 29.0 Å². The number of aryl methyl sites for hydroxylation is 1. The van der Waals surface area contributed by atoms with Gasteiger partial charge < -0.3 is 15.5 Å². The molecule has 0 saturated carbocycles. The van der Waals surface area contributed by atoms with E-state index < -0.39 is 0 Å². The van der Waals surface area contributed by atoms with E-state index in [4.69, 9.17) is 0 Å². The monoisotopic (exact) mass is 416 g/mol. The van der Waals surface area contributed by atoms with Crippen LogP contribution in [0.15, 0.2) is 23.6 Å². The van der Waals surface area contributed by atoms with Gasteiger partial charge in [-0.05, 0) is 42.9 Å². The molecule has 1 aromatic heterocycles. The molecule has 3 amide bonds. The molecule has 0 radical (unpaired) electrons. The molecule has 158 valence electrons. The van der Waals surface area contributed by atoms with Crippen molar-refractivity contribution in [2.45, 2.75) is 48.1 Å². The number of amides is 3. The van der Waals surface area contributed by atoms with Crippen LogP contribution in [0, 0.1) is 25.7 Å². The number of nitrogens with zero attached hydrogens (tertiary/aromatic N) is 2. The number of hydrogen-bond donors (Lipinski definition) is 2. The van der Waals surface area contributed by atoms with Gasteiger partial charge >= 0.3 is 6.03 Å². The van der Waals surface area contributed by atoms with Crippen LogP contribution in [0.4, 0.5) is 10.5 Å². The maximum atomic E-state index is 12.9. The number of aromatic nitrogens is 1. The molecule has 1 heterocycles. The molecule has 29 heavy (non-hydrogen) atoms. The number of carbonyl (C=O) groups is 2. The van der Waals surface area contributed by atoms with Crippen LogP contribution in [0.5, 0.6) is 0 Å². The third kappa shape index (κ3) is 6.85. The molecule has 6 nitrogen and oxygen atoms in total. The van der Waals surface area contributed by atoms with Crippen molar-refractivity contribution in [2.24, 2.45) is 11.8 Å². The topological polar surface area (TPSA) is 74.3 Å². The predicted octanol–water partition coefficient (Wildman–Crippen LogP) is 4.84. The summed E-state index contributed by atoms with van der Waals surface area (Å²) >= 11 is 1.40. The molecular weight excluding hydrogens is 384 g/mol. The number of anilines is 1. The highest BCUT2D eigenvalue weighted by molar-refractivity contribution is 7.09. The minimum absolute atomic E-state index is 0.159. The van der Waals surface area contributed by atoms with Crippen molar-refractivity contribution in [1.29, 1.82) is 0 Å². The Bertz CT molecular complexity index is 845. The molecule has 0 atom stereocenters. The highest BCUT2D eigenvalue weighted by Crippen LogP contribution is 2.20. The number of hydrogen-bond acceptors (Lipinski definition) is 4. The Morgan fingerprint density at radius 3 is 2.52 bits per heavy atom. The van der Waals surface area contributed by atoms with E-state index in [-0.39, 0.29) is 11.9 Å². The molecular formula is C22H32N4O2S. The molecule has 0 aliphatic heterocycles. The lowest BCUT2D eigenvalue weighted by Gasteiger charge is -2.24. The second kappa shape index (κ2) is 10.4. The van der Waals surface area contributed by atoms with Crippen LogP contribution < -0.4 is 10.6 Å². The summed E-state index contributed by atoms with van der Waals surface area (Å²) in [5.41, 5.74) is 3.42. The van der Waals surface area contributed by atoms with E-state index in [1.807, 2.05) is 45.9 Å². The summed E-state index contributed by atoms with van der Waals surface area (Å²) in [5, 5.41) is 8.40. The van der Waals surface area contributed by atoms with Gasteiger partial charge in [-0.1, -0.05) is 39.8 Å². The van der Waals surface area contributed by atoms with Crippen molar-refractivity contribution in [1.82, 2.24) is 15.2 Å². The highest BCUT2D eigenvalue weighted by atomic mass is 32.1. The number of thiazole rings is 1. The maximum absolute atomic E-state index is 12.9. The van der Waals surface area contributed by atoms with Crippen LogP contribution in [0.3, 0.4) is 0 Å². The summed E-state index contributed by atoms with van der Waals surface area (Å²) in [4.78, 5) is 31.3. The van der Waals surface area contributed by atoms with E-state index in [2.05, 4.69) is 29.5 Å². The summed E-state index contributed by atoms with van der Waals surface area (Å²) in [6.07, 6.45) is 0. The molecule has 2 rings (SSSR count). The zero-order chi connectivity index (χ0) is 21.6. The molecule has 0 bridgehead atoms. The van der Waals surface area contributed by atoms with Crippen LogP contribution in [0.2, 0.25) is 0 Å².